The Morgan fingerprint density at radius 2 is 2.29 bits per heavy atom. The second kappa shape index (κ2) is 4.34. The van der Waals surface area contributed by atoms with E-state index < -0.39 is 0 Å². The first kappa shape index (κ1) is 9.36. The SMILES string of the molecule is NCC1CN(c2ncccn2)CCO1. The quantitative estimate of drug-likeness (QED) is 0.696. The maximum atomic E-state index is 5.55. The molecule has 0 radical (unpaired) electrons. The van der Waals surface area contributed by atoms with Crippen LogP contribution in [-0.2, 0) is 4.74 Å². The molecule has 0 aliphatic carbocycles. The molecule has 0 spiro atoms. The minimum atomic E-state index is 0.104. The maximum absolute atomic E-state index is 5.55. The first-order valence-corrected chi connectivity index (χ1v) is 4.74. The van der Waals surface area contributed by atoms with Crippen molar-refractivity contribution < 1.29 is 4.74 Å². The van der Waals surface area contributed by atoms with Crippen molar-refractivity contribution in [2.24, 2.45) is 5.73 Å². The van der Waals surface area contributed by atoms with E-state index >= 15 is 0 Å². The zero-order chi connectivity index (χ0) is 9.80. The Labute approximate surface area is 82.9 Å². The van der Waals surface area contributed by atoms with Gasteiger partial charge in [-0.2, -0.15) is 0 Å². The van der Waals surface area contributed by atoms with Gasteiger partial charge in [0.25, 0.3) is 0 Å². The van der Waals surface area contributed by atoms with Crippen molar-refractivity contribution in [3.05, 3.63) is 18.5 Å². The van der Waals surface area contributed by atoms with Crippen molar-refractivity contribution in [2.75, 3.05) is 31.1 Å². The van der Waals surface area contributed by atoms with Gasteiger partial charge in [0.2, 0.25) is 5.95 Å². The summed E-state index contributed by atoms with van der Waals surface area (Å²) < 4.78 is 5.46. The number of morpholine rings is 1. The van der Waals surface area contributed by atoms with Gasteiger partial charge in [-0.15, -0.1) is 0 Å². The van der Waals surface area contributed by atoms with Crippen LogP contribution >= 0.6 is 0 Å². The molecule has 1 fully saturated rings. The normalized spacial score (nSPS) is 22.4. The van der Waals surface area contributed by atoms with Gasteiger partial charge < -0.3 is 15.4 Å². The van der Waals surface area contributed by atoms with E-state index in [1.807, 2.05) is 6.07 Å². The molecule has 5 heteroatoms. The molecule has 0 amide bonds. The van der Waals surface area contributed by atoms with Crippen LogP contribution in [0.4, 0.5) is 5.95 Å². The van der Waals surface area contributed by atoms with Gasteiger partial charge in [-0.3, -0.25) is 0 Å². The van der Waals surface area contributed by atoms with E-state index in [-0.39, 0.29) is 6.10 Å². The number of anilines is 1. The molecule has 2 N–H and O–H groups in total. The van der Waals surface area contributed by atoms with E-state index in [1.54, 1.807) is 12.4 Å². The van der Waals surface area contributed by atoms with Crippen LogP contribution in [0.5, 0.6) is 0 Å². The fourth-order valence-electron chi connectivity index (χ4n) is 1.50. The smallest absolute Gasteiger partial charge is 0.225 e. The number of rotatable bonds is 2. The van der Waals surface area contributed by atoms with E-state index in [1.165, 1.54) is 0 Å². The molecule has 2 rings (SSSR count). The van der Waals surface area contributed by atoms with Crippen molar-refractivity contribution in [3.8, 4) is 0 Å². The van der Waals surface area contributed by atoms with Crippen LogP contribution < -0.4 is 10.6 Å². The zero-order valence-electron chi connectivity index (χ0n) is 7.97. The number of nitrogens with zero attached hydrogens (tertiary/aromatic N) is 3. The summed E-state index contributed by atoms with van der Waals surface area (Å²) in [6, 6.07) is 1.81. The van der Waals surface area contributed by atoms with Gasteiger partial charge in [0.15, 0.2) is 0 Å². The monoisotopic (exact) mass is 194 g/mol. The van der Waals surface area contributed by atoms with Gasteiger partial charge in [0, 0.05) is 32.0 Å². The van der Waals surface area contributed by atoms with Crippen LogP contribution in [0.25, 0.3) is 0 Å². The summed E-state index contributed by atoms with van der Waals surface area (Å²) in [5.74, 6) is 0.759. The molecule has 0 aromatic carbocycles. The third-order valence-corrected chi connectivity index (χ3v) is 2.24. The molecule has 1 aromatic heterocycles. The number of aromatic nitrogens is 2. The Balaban J connectivity index is 2.04. The summed E-state index contributed by atoms with van der Waals surface area (Å²) in [4.78, 5) is 10.5. The highest BCUT2D eigenvalue weighted by molar-refractivity contribution is 5.29. The Kier molecular flexibility index (Phi) is 2.90. The second-order valence-electron chi connectivity index (χ2n) is 3.22. The highest BCUT2D eigenvalue weighted by Gasteiger charge is 2.20. The van der Waals surface area contributed by atoms with Gasteiger partial charge in [-0.05, 0) is 6.07 Å². The average Bonchev–Trinajstić information content (AvgIpc) is 2.30. The minimum Gasteiger partial charge on any atom is -0.373 e. The molecule has 1 atom stereocenters. The standard InChI is InChI=1S/C9H14N4O/c10-6-8-7-13(4-5-14-8)9-11-2-1-3-12-9/h1-3,8H,4-7,10H2. The highest BCUT2D eigenvalue weighted by Crippen LogP contribution is 2.10. The molecule has 0 bridgehead atoms. The van der Waals surface area contributed by atoms with Gasteiger partial charge >= 0.3 is 0 Å². The fourth-order valence-corrected chi connectivity index (χ4v) is 1.50. The van der Waals surface area contributed by atoms with E-state index in [0.29, 0.717) is 13.2 Å². The summed E-state index contributed by atoms with van der Waals surface area (Å²) in [6.45, 7) is 2.85. The van der Waals surface area contributed by atoms with Crippen LogP contribution in [0.15, 0.2) is 18.5 Å². The first-order chi connectivity index (χ1) is 6.90. The largest absolute Gasteiger partial charge is 0.373 e. The summed E-state index contributed by atoms with van der Waals surface area (Å²) in [6.07, 6.45) is 3.59. The van der Waals surface area contributed by atoms with E-state index in [4.69, 9.17) is 10.5 Å². The predicted molar refractivity (Wildman–Crippen MR) is 53.0 cm³/mol. The molecule has 14 heavy (non-hydrogen) atoms. The van der Waals surface area contributed by atoms with Gasteiger partial charge in [0.1, 0.15) is 0 Å². The van der Waals surface area contributed by atoms with Gasteiger partial charge in [-0.1, -0.05) is 0 Å². The van der Waals surface area contributed by atoms with Crippen LogP contribution in [0.2, 0.25) is 0 Å². The molecular weight excluding hydrogens is 180 g/mol. The maximum Gasteiger partial charge on any atom is 0.225 e. The Morgan fingerprint density at radius 3 is 3.00 bits per heavy atom. The molecule has 2 heterocycles. The van der Waals surface area contributed by atoms with Gasteiger partial charge in [0.05, 0.1) is 12.7 Å². The molecule has 1 aliphatic heterocycles. The second-order valence-corrected chi connectivity index (χ2v) is 3.22. The third kappa shape index (κ3) is 2.00. The van der Waals surface area contributed by atoms with Crippen molar-refractivity contribution in [3.63, 3.8) is 0 Å². The molecule has 1 saturated heterocycles. The first-order valence-electron chi connectivity index (χ1n) is 4.74. The van der Waals surface area contributed by atoms with Crippen molar-refractivity contribution in [1.29, 1.82) is 0 Å². The Hall–Kier alpha value is -1.20. The Morgan fingerprint density at radius 1 is 1.50 bits per heavy atom. The predicted octanol–water partition coefficient (Wildman–Crippen LogP) is -0.360. The van der Waals surface area contributed by atoms with Crippen LogP contribution in [0.3, 0.4) is 0 Å². The van der Waals surface area contributed by atoms with Crippen LogP contribution in [0.1, 0.15) is 0 Å². The lowest BCUT2D eigenvalue weighted by Gasteiger charge is -2.32. The zero-order valence-corrected chi connectivity index (χ0v) is 7.97. The number of ether oxygens (including phenoxy) is 1. The molecular formula is C9H14N4O. The average molecular weight is 194 g/mol. The lowest BCUT2D eigenvalue weighted by atomic mass is 10.3. The topological polar surface area (TPSA) is 64.3 Å². The number of hydrogen-bond donors (Lipinski definition) is 1. The molecule has 1 unspecified atom stereocenters. The molecule has 1 aliphatic rings. The third-order valence-electron chi connectivity index (χ3n) is 2.24. The Bertz CT molecular complexity index is 279. The van der Waals surface area contributed by atoms with Crippen molar-refractivity contribution in [2.45, 2.75) is 6.10 Å². The molecule has 0 saturated carbocycles. The minimum absolute atomic E-state index is 0.104. The summed E-state index contributed by atoms with van der Waals surface area (Å²) >= 11 is 0. The lowest BCUT2D eigenvalue weighted by molar-refractivity contribution is 0.0460. The van der Waals surface area contributed by atoms with E-state index in [9.17, 15) is 0 Å². The molecule has 5 nitrogen and oxygen atoms in total. The van der Waals surface area contributed by atoms with Crippen LogP contribution in [0, 0.1) is 0 Å². The van der Waals surface area contributed by atoms with E-state index in [0.717, 1.165) is 19.0 Å². The lowest BCUT2D eigenvalue weighted by Crippen LogP contribution is -2.46. The number of nitrogens with two attached hydrogens (primary N) is 1. The summed E-state index contributed by atoms with van der Waals surface area (Å²) in [7, 11) is 0. The van der Waals surface area contributed by atoms with Crippen LogP contribution in [-0.4, -0.2) is 42.3 Å². The van der Waals surface area contributed by atoms with Gasteiger partial charge in [-0.25, -0.2) is 9.97 Å². The molecule has 76 valence electrons. The fraction of sp³-hybridized carbons (Fsp3) is 0.556. The highest BCUT2D eigenvalue weighted by atomic mass is 16.5. The van der Waals surface area contributed by atoms with Crippen molar-refractivity contribution in [1.82, 2.24) is 9.97 Å². The summed E-state index contributed by atoms with van der Waals surface area (Å²) in [5.41, 5.74) is 5.55. The summed E-state index contributed by atoms with van der Waals surface area (Å²) in [5, 5.41) is 0. The molecule has 1 aromatic rings. The van der Waals surface area contributed by atoms with E-state index in [2.05, 4.69) is 14.9 Å². The van der Waals surface area contributed by atoms with Crippen molar-refractivity contribution >= 4 is 5.95 Å². The number of hydrogen-bond acceptors (Lipinski definition) is 5.